The van der Waals surface area contributed by atoms with Gasteiger partial charge in [0.2, 0.25) is 0 Å². The summed E-state index contributed by atoms with van der Waals surface area (Å²) in [5.41, 5.74) is 0. The fourth-order valence-corrected chi connectivity index (χ4v) is 15.2. The maximum absolute atomic E-state index is 13.2. The molecule has 3 N–H and O–H groups in total. The number of rotatable bonds is 87. The molecule has 0 amide bonds. The highest BCUT2D eigenvalue weighted by molar-refractivity contribution is 7.47. The van der Waals surface area contributed by atoms with Crippen LogP contribution in [0.3, 0.4) is 0 Å². The average Bonchev–Trinajstić information content (AvgIpc) is 0.903. The van der Waals surface area contributed by atoms with Crippen LogP contribution in [-0.2, 0) is 65.4 Å². The van der Waals surface area contributed by atoms with Crippen molar-refractivity contribution in [2.24, 2.45) is 5.92 Å². The largest absolute Gasteiger partial charge is 0.472 e. The third kappa shape index (κ3) is 80.1. The third-order valence-corrected chi connectivity index (χ3v) is 22.4. The Kier molecular flexibility index (Phi) is 78.2. The predicted molar refractivity (Wildman–Crippen MR) is 437 cm³/mol. The summed E-state index contributed by atoms with van der Waals surface area (Å²) in [6.07, 6.45) is 73.8. The van der Waals surface area contributed by atoms with Crippen molar-refractivity contribution in [2.75, 3.05) is 39.6 Å². The molecule has 0 spiro atoms. The normalized spacial score (nSPS) is 13.7. The molecule has 0 aliphatic carbocycles. The second-order valence-electron chi connectivity index (χ2n) is 31.8. The van der Waals surface area contributed by atoms with Crippen LogP contribution in [-0.4, -0.2) is 96.7 Å². The highest BCUT2D eigenvalue weighted by Gasteiger charge is 2.30. The lowest BCUT2D eigenvalue weighted by Gasteiger charge is -2.21. The van der Waals surface area contributed by atoms with Crippen LogP contribution in [0.1, 0.15) is 471 Å². The van der Waals surface area contributed by atoms with E-state index in [9.17, 15) is 43.2 Å². The molecule has 0 heterocycles. The number of unbranched alkanes of at least 4 members (excludes halogenated alkanes) is 59. The molecule has 0 fully saturated rings. The third-order valence-electron chi connectivity index (χ3n) is 20.5. The number of ether oxygens (including phenoxy) is 4. The molecule has 2 unspecified atom stereocenters. The van der Waals surface area contributed by atoms with Gasteiger partial charge in [0.15, 0.2) is 12.2 Å². The number of phosphoric acid groups is 2. The molecule has 0 aromatic heterocycles. The lowest BCUT2D eigenvalue weighted by molar-refractivity contribution is -0.161. The van der Waals surface area contributed by atoms with E-state index in [1.807, 2.05) is 0 Å². The van der Waals surface area contributed by atoms with E-state index >= 15 is 0 Å². The van der Waals surface area contributed by atoms with E-state index in [1.165, 1.54) is 295 Å². The Bertz CT molecular complexity index is 2010. The van der Waals surface area contributed by atoms with E-state index in [-0.39, 0.29) is 25.7 Å². The molecule has 0 aromatic carbocycles. The summed E-state index contributed by atoms with van der Waals surface area (Å²) in [4.78, 5) is 73.2. The van der Waals surface area contributed by atoms with Gasteiger partial charge in [0.1, 0.15) is 19.3 Å². The van der Waals surface area contributed by atoms with Crippen molar-refractivity contribution in [3.05, 3.63) is 0 Å². The summed E-state index contributed by atoms with van der Waals surface area (Å²) in [5.74, 6) is -1.35. The maximum Gasteiger partial charge on any atom is 0.472 e. The quantitative estimate of drug-likeness (QED) is 0.0222. The molecular weight excluding hydrogens is 1380 g/mol. The molecule has 17 nitrogen and oxygen atoms in total. The summed E-state index contributed by atoms with van der Waals surface area (Å²) in [6, 6.07) is 0. The zero-order chi connectivity index (χ0) is 77.6. The molecule has 5 atom stereocenters. The Labute approximate surface area is 651 Å². The van der Waals surface area contributed by atoms with Crippen molar-refractivity contribution in [3.8, 4) is 0 Å². The number of aliphatic hydroxyl groups excluding tert-OH is 1. The maximum atomic E-state index is 13.2. The molecule has 0 bridgehead atoms. The van der Waals surface area contributed by atoms with Crippen LogP contribution < -0.4 is 0 Å². The van der Waals surface area contributed by atoms with Gasteiger partial charge in [-0.25, -0.2) is 9.13 Å². The molecule has 19 heteroatoms. The van der Waals surface area contributed by atoms with Gasteiger partial charge in [-0.05, 0) is 31.6 Å². The summed E-state index contributed by atoms with van der Waals surface area (Å²) >= 11 is 0. The van der Waals surface area contributed by atoms with Gasteiger partial charge in [-0.15, -0.1) is 0 Å². The lowest BCUT2D eigenvalue weighted by atomic mass is 10.0. The van der Waals surface area contributed by atoms with Crippen LogP contribution in [0.2, 0.25) is 0 Å². The number of hydrogen-bond donors (Lipinski definition) is 3. The van der Waals surface area contributed by atoms with Crippen molar-refractivity contribution in [1.29, 1.82) is 0 Å². The molecule has 0 aliphatic rings. The molecule has 0 aromatic rings. The molecule has 0 saturated heterocycles. The fraction of sp³-hybridized carbons (Fsp3) is 0.954. The Balaban J connectivity index is 5.19. The topological polar surface area (TPSA) is 237 Å². The highest BCUT2D eigenvalue weighted by atomic mass is 31.2. The first-order valence-corrected chi connectivity index (χ1v) is 48.1. The minimum atomic E-state index is -4.97. The van der Waals surface area contributed by atoms with E-state index in [1.54, 1.807) is 0 Å². The standard InChI is InChI=1S/C87H170O17P2/c1-6-9-12-15-18-21-24-26-28-30-32-34-36-38-40-42-44-46-52-57-62-67-72-86(91)103-83(77-98-85(90)71-66-61-56-51-45-43-41-39-37-35-33-31-29-27-25-22-19-16-13-10-7-2)79-102-106(95,96)100-75-81(88)74-99-105(93,94)101-78-82(76-97-84(89)70-65-60-55-50-23-20-17-14-11-8-3)104-87(92)73-68-63-58-53-48-47-49-54-59-64-69-80(4)5/h80-83,88H,6-79H2,1-5H3,(H,93,94)(H,95,96)/t81-,82+,83+/m0/s1. The first-order chi connectivity index (χ1) is 51.5. The zero-order valence-electron chi connectivity index (χ0n) is 69.6. The average molecular weight is 1550 g/mol. The molecule has 0 rings (SSSR count). The summed E-state index contributed by atoms with van der Waals surface area (Å²) in [5, 5.41) is 10.7. The van der Waals surface area contributed by atoms with Crippen LogP contribution in [0.25, 0.3) is 0 Å². The van der Waals surface area contributed by atoms with Gasteiger partial charge in [0.05, 0.1) is 26.4 Å². The number of carbonyl (C=O) groups is 4. The van der Waals surface area contributed by atoms with Gasteiger partial charge in [-0.3, -0.25) is 37.3 Å². The van der Waals surface area contributed by atoms with Crippen molar-refractivity contribution in [1.82, 2.24) is 0 Å². The molecule has 0 radical (unpaired) electrons. The summed E-state index contributed by atoms with van der Waals surface area (Å²) < 4.78 is 68.9. The second kappa shape index (κ2) is 79.7. The first kappa shape index (κ1) is 104. The number of esters is 4. The number of carbonyl (C=O) groups excluding carboxylic acids is 4. The van der Waals surface area contributed by atoms with E-state index in [2.05, 4.69) is 34.6 Å². The van der Waals surface area contributed by atoms with Crippen molar-refractivity contribution in [2.45, 2.75) is 490 Å². The van der Waals surface area contributed by atoms with Crippen LogP contribution in [0.4, 0.5) is 0 Å². The monoisotopic (exact) mass is 1550 g/mol. The molecule has 106 heavy (non-hydrogen) atoms. The van der Waals surface area contributed by atoms with Crippen molar-refractivity contribution in [3.63, 3.8) is 0 Å². The Morgan fingerprint density at radius 1 is 0.255 bits per heavy atom. The summed E-state index contributed by atoms with van der Waals surface area (Å²) in [6.45, 7) is 7.34. The van der Waals surface area contributed by atoms with Crippen LogP contribution in [0, 0.1) is 5.92 Å². The zero-order valence-corrected chi connectivity index (χ0v) is 71.4. The molecular formula is C87H170O17P2. The van der Waals surface area contributed by atoms with Gasteiger partial charge in [-0.2, -0.15) is 0 Å². The van der Waals surface area contributed by atoms with Gasteiger partial charge < -0.3 is 33.8 Å². The summed E-state index contributed by atoms with van der Waals surface area (Å²) in [7, 11) is -9.92. The highest BCUT2D eigenvalue weighted by Crippen LogP contribution is 2.45. The fourth-order valence-electron chi connectivity index (χ4n) is 13.6. The number of phosphoric ester groups is 2. The van der Waals surface area contributed by atoms with E-state index in [0.717, 1.165) is 95.8 Å². The van der Waals surface area contributed by atoms with Crippen LogP contribution in [0.5, 0.6) is 0 Å². The van der Waals surface area contributed by atoms with Crippen LogP contribution >= 0.6 is 15.6 Å². The van der Waals surface area contributed by atoms with E-state index in [4.69, 9.17) is 37.0 Å². The Morgan fingerprint density at radius 3 is 0.642 bits per heavy atom. The van der Waals surface area contributed by atoms with Crippen molar-refractivity contribution >= 4 is 39.5 Å². The lowest BCUT2D eigenvalue weighted by Crippen LogP contribution is -2.30. The SMILES string of the molecule is CCCCCCCCCCCCCCCCCCCCCCCCC(=O)O[C@H](COC(=O)CCCCCCCCCCCCCCCCCCCCCCC)COP(=O)(O)OC[C@@H](O)COP(=O)(O)OC[C@@H](COC(=O)CCCCCCCCCCCC)OC(=O)CCCCCCCCCCCCC(C)C. The molecule has 630 valence electrons. The second-order valence-corrected chi connectivity index (χ2v) is 34.7. The van der Waals surface area contributed by atoms with E-state index in [0.29, 0.717) is 25.7 Å². The minimum absolute atomic E-state index is 0.107. The van der Waals surface area contributed by atoms with Gasteiger partial charge >= 0.3 is 39.5 Å². The van der Waals surface area contributed by atoms with Gasteiger partial charge in [-0.1, -0.05) is 420 Å². The Hall–Kier alpha value is -1.94. The number of aliphatic hydroxyl groups is 1. The minimum Gasteiger partial charge on any atom is -0.462 e. The van der Waals surface area contributed by atoms with Crippen molar-refractivity contribution < 1.29 is 80.2 Å². The van der Waals surface area contributed by atoms with E-state index < -0.39 is 97.5 Å². The molecule has 0 saturated carbocycles. The van der Waals surface area contributed by atoms with Crippen LogP contribution in [0.15, 0.2) is 0 Å². The van der Waals surface area contributed by atoms with Gasteiger partial charge in [0.25, 0.3) is 0 Å². The smallest absolute Gasteiger partial charge is 0.462 e. The molecule has 0 aliphatic heterocycles. The first-order valence-electron chi connectivity index (χ1n) is 45.1. The Morgan fingerprint density at radius 2 is 0.434 bits per heavy atom. The predicted octanol–water partition coefficient (Wildman–Crippen LogP) is 26.8. The van der Waals surface area contributed by atoms with Gasteiger partial charge in [0, 0.05) is 25.7 Å². The number of hydrogen-bond acceptors (Lipinski definition) is 15.